The number of aliphatic hydroxyl groups excluding tert-OH is 4. The number of nitrogens with two attached hydrogens (primary N) is 1. The Morgan fingerprint density at radius 1 is 1.03 bits per heavy atom. The van der Waals surface area contributed by atoms with Gasteiger partial charge in [-0.05, 0) is 128 Å². The van der Waals surface area contributed by atoms with Crippen LogP contribution in [0.25, 0.3) is 0 Å². The molecular weight excluding hydrogens is 791 g/mol. The number of rotatable bonds is 7. The minimum absolute atomic E-state index is 0.0172. The topological polar surface area (TPSA) is 164 Å². The molecule has 2 fully saturated rings. The number of aromatic amines is 1. The number of ether oxygens (including phenoxy) is 1. The average molecular weight is 854 g/mol. The van der Waals surface area contributed by atoms with Crippen molar-refractivity contribution >= 4 is 21.6 Å². The van der Waals surface area contributed by atoms with Crippen LogP contribution in [0.2, 0.25) is 0 Å². The fourth-order valence-corrected chi connectivity index (χ4v) is 14.7. The highest BCUT2D eigenvalue weighted by molar-refractivity contribution is 8.76. The molecule has 1 saturated carbocycles. The molecule has 8 aliphatic rings. The highest BCUT2D eigenvalue weighted by atomic mass is 33.1. The minimum Gasteiger partial charge on any atom is -0.504 e. The Balaban J connectivity index is 1.09. The van der Waals surface area contributed by atoms with Crippen molar-refractivity contribution in [3.05, 3.63) is 94.1 Å². The Bertz CT molecular complexity index is 2090. The molecule has 2 aliphatic heterocycles. The summed E-state index contributed by atoms with van der Waals surface area (Å²) in [5, 5.41) is 62.6. The van der Waals surface area contributed by atoms with E-state index in [-0.39, 0.29) is 53.1 Å². The summed E-state index contributed by atoms with van der Waals surface area (Å²) in [7, 11) is 3.28. The van der Waals surface area contributed by atoms with Gasteiger partial charge in [0, 0.05) is 71.2 Å². The number of fused-ring (bicyclic) bond motifs is 5. The number of hydrogen-bond acceptors (Lipinski definition) is 10. The van der Waals surface area contributed by atoms with Gasteiger partial charge in [0.1, 0.15) is 11.9 Å². The molecule has 14 atom stereocenters. The van der Waals surface area contributed by atoms with Crippen LogP contribution in [0.4, 0.5) is 0 Å². The third-order valence-corrected chi connectivity index (χ3v) is 18.0. The fourth-order valence-electron chi connectivity index (χ4n) is 12.2. The van der Waals surface area contributed by atoms with E-state index in [1.165, 1.54) is 5.57 Å². The first kappa shape index (κ1) is 42.1. The second-order valence-corrected chi connectivity index (χ2v) is 21.3. The molecule has 9 N–H and O–H groups in total. The van der Waals surface area contributed by atoms with Crippen molar-refractivity contribution in [2.75, 3.05) is 24.7 Å². The Labute approximate surface area is 363 Å². The molecule has 1 aromatic heterocycles. The molecule has 322 valence electrons. The van der Waals surface area contributed by atoms with Crippen molar-refractivity contribution in [1.82, 2.24) is 10.3 Å². The van der Waals surface area contributed by atoms with E-state index in [1.54, 1.807) is 21.6 Å². The number of benzene rings is 1. The molecule has 3 heterocycles. The van der Waals surface area contributed by atoms with E-state index < -0.39 is 36.3 Å². The molecule has 1 aromatic carbocycles. The van der Waals surface area contributed by atoms with Gasteiger partial charge in [-0.25, -0.2) is 0 Å². The van der Waals surface area contributed by atoms with Crippen molar-refractivity contribution in [2.24, 2.45) is 58.5 Å². The molecular formula is C49H63N3O6S2. The van der Waals surface area contributed by atoms with Gasteiger partial charge in [-0.15, -0.1) is 0 Å². The molecule has 2 aromatic rings. The van der Waals surface area contributed by atoms with Gasteiger partial charge in [0.2, 0.25) is 0 Å². The second-order valence-electron chi connectivity index (χ2n) is 18.8. The maximum Gasteiger partial charge on any atom is 0.161 e. The van der Waals surface area contributed by atoms with Crippen LogP contribution in [-0.2, 0) is 12.8 Å². The minimum atomic E-state index is -1.02. The van der Waals surface area contributed by atoms with Crippen molar-refractivity contribution in [2.45, 2.75) is 102 Å². The first-order chi connectivity index (χ1) is 29.1. The second kappa shape index (κ2) is 17.5. The number of phenolic OH excluding ortho intramolecular Hbond substituents is 1. The van der Waals surface area contributed by atoms with Crippen molar-refractivity contribution in [3.8, 4) is 23.3 Å². The van der Waals surface area contributed by atoms with E-state index >= 15 is 0 Å². The molecule has 0 spiro atoms. The predicted octanol–water partition coefficient (Wildman–Crippen LogP) is 6.75. The summed E-state index contributed by atoms with van der Waals surface area (Å²) in [4.78, 5) is 3.37. The Kier molecular flexibility index (Phi) is 12.3. The van der Waals surface area contributed by atoms with Crippen LogP contribution in [0.5, 0.6) is 11.5 Å². The largest absolute Gasteiger partial charge is 0.504 e. The van der Waals surface area contributed by atoms with Gasteiger partial charge in [-0.3, -0.25) is 0 Å². The van der Waals surface area contributed by atoms with Gasteiger partial charge in [0.05, 0.1) is 18.3 Å². The maximum absolute atomic E-state index is 12.4. The summed E-state index contributed by atoms with van der Waals surface area (Å²) in [6.45, 7) is 4.87. The zero-order valence-corrected chi connectivity index (χ0v) is 36.6. The highest BCUT2D eigenvalue weighted by Gasteiger charge is 2.50. The molecule has 0 unspecified atom stereocenters. The Morgan fingerprint density at radius 2 is 1.90 bits per heavy atom. The van der Waals surface area contributed by atoms with E-state index in [0.717, 1.165) is 66.5 Å². The molecule has 10 rings (SSSR count). The van der Waals surface area contributed by atoms with E-state index in [9.17, 15) is 25.5 Å². The summed E-state index contributed by atoms with van der Waals surface area (Å²) in [6.07, 6.45) is 15.0. The van der Waals surface area contributed by atoms with E-state index in [0.29, 0.717) is 55.0 Å². The van der Waals surface area contributed by atoms with Crippen LogP contribution < -0.4 is 15.8 Å². The monoisotopic (exact) mass is 853 g/mol. The Hall–Kier alpha value is -3.24. The average Bonchev–Trinajstić information content (AvgIpc) is 3.53. The van der Waals surface area contributed by atoms with Crippen molar-refractivity contribution in [1.29, 1.82) is 0 Å². The third-order valence-electron chi connectivity index (χ3n) is 15.6. The third kappa shape index (κ3) is 7.88. The normalized spacial score (nSPS) is 38.6. The molecule has 4 bridgehead atoms. The van der Waals surface area contributed by atoms with Crippen LogP contribution >= 0.6 is 21.6 Å². The summed E-state index contributed by atoms with van der Waals surface area (Å²) in [6, 6.07) is 7.84. The quantitative estimate of drug-likeness (QED) is 0.0850. The standard InChI is InChI=1S/C49H63N3O6S2/c1-3-28-15-30-19-41(54)43(58-44-20-31(17-35-6-5-12-51-35)36-10-13-52-48(50)40(36)26-60-59-25-33(24-53)46(44)56)22-38(30)39-21-42(55)45-29(18-37(28)39)9-11-49(4-2)23-27-7-8-34(49)16-32(14-27)47(45)57/h5-8,10,12,18-19,22,27-29,31-34,39,42,44-47,51-57H,3-4,13-17,20-21,23-26,50H2,1-2H3/t27-,28-,29+,31+,32-,33+,34+,39+,42-,44+,45-,46-,47+,49+/m1/s1. The molecule has 9 nitrogen and oxygen atoms in total. The number of allylic oxidation sites excluding steroid dienone is 5. The summed E-state index contributed by atoms with van der Waals surface area (Å²) < 4.78 is 6.89. The summed E-state index contributed by atoms with van der Waals surface area (Å²) >= 11 is 0. The van der Waals surface area contributed by atoms with Crippen LogP contribution in [-0.4, -0.2) is 79.6 Å². The molecule has 0 amide bonds. The van der Waals surface area contributed by atoms with Crippen LogP contribution in [0.1, 0.15) is 81.5 Å². The number of aromatic hydroxyl groups is 1. The number of hydrogen-bond donors (Lipinski definition) is 8. The van der Waals surface area contributed by atoms with E-state index in [2.05, 4.69) is 66.4 Å². The van der Waals surface area contributed by atoms with Crippen molar-refractivity contribution in [3.63, 3.8) is 0 Å². The Morgan fingerprint density at radius 3 is 2.68 bits per heavy atom. The maximum atomic E-state index is 12.4. The lowest BCUT2D eigenvalue weighted by Crippen LogP contribution is -2.42. The smallest absolute Gasteiger partial charge is 0.161 e. The molecule has 0 radical (unpaired) electrons. The van der Waals surface area contributed by atoms with Crippen LogP contribution in [0, 0.1) is 64.6 Å². The number of aliphatic hydroxyl groups is 4. The van der Waals surface area contributed by atoms with Gasteiger partial charge >= 0.3 is 0 Å². The highest BCUT2D eigenvalue weighted by Crippen LogP contribution is 2.55. The number of H-pyrrole nitrogens is 1. The van der Waals surface area contributed by atoms with Gasteiger partial charge in [0.15, 0.2) is 11.5 Å². The van der Waals surface area contributed by atoms with Crippen LogP contribution in [0.3, 0.4) is 0 Å². The molecule has 60 heavy (non-hydrogen) atoms. The van der Waals surface area contributed by atoms with Gasteiger partial charge < -0.3 is 46.3 Å². The fraction of sp³-hybridized carbons (Fsp3) is 0.592. The number of aromatic nitrogens is 1. The number of dihydropyridines is 1. The summed E-state index contributed by atoms with van der Waals surface area (Å²) in [5.74, 6) is 9.42. The zero-order valence-electron chi connectivity index (χ0n) is 34.9. The molecule has 11 heteroatoms. The van der Waals surface area contributed by atoms with Gasteiger partial charge in [0.25, 0.3) is 0 Å². The zero-order chi connectivity index (χ0) is 41.7. The lowest BCUT2D eigenvalue weighted by molar-refractivity contribution is -0.0371. The molecule has 6 aliphatic carbocycles. The van der Waals surface area contributed by atoms with Crippen LogP contribution in [0.15, 0.2) is 77.3 Å². The first-order valence-corrected chi connectivity index (χ1v) is 25.0. The molecule has 1 saturated heterocycles. The number of phenols is 1. The van der Waals surface area contributed by atoms with E-state index in [1.807, 2.05) is 24.4 Å². The van der Waals surface area contributed by atoms with E-state index in [4.69, 9.17) is 10.5 Å². The first-order valence-electron chi connectivity index (χ1n) is 22.5. The van der Waals surface area contributed by atoms with Crippen molar-refractivity contribution < 1.29 is 30.3 Å². The number of nitrogens with one attached hydrogen (secondary N) is 2. The van der Waals surface area contributed by atoms with Gasteiger partial charge in [-0.2, -0.15) is 0 Å². The SMILES string of the molecule is CC[C@@H]1Cc2cc(O)c(O[C@H]3C[C@H](Cc4ccc[nH]4)C4=CCNC(N)=C4CSSC[C@H](CO)[C@H]3O)cc2[C@H]2C[C@@H](O)[C@@H]3[C@@H](O)[C@@H]4C[C@H]5C=C[C@@H](C4)[C@@](CC)(C#C[C@H]3C=C12)C5. The lowest BCUT2D eigenvalue weighted by atomic mass is 9.65. The van der Waals surface area contributed by atoms with Gasteiger partial charge in [-0.1, -0.05) is 77.2 Å². The lowest BCUT2D eigenvalue weighted by Gasteiger charge is -2.37. The predicted molar refractivity (Wildman–Crippen MR) is 240 cm³/mol. The summed E-state index contributed by atoms with van der Waals surface area (Å²) in [5.41, 5.74) is 13.0.